The normalized spacial score (nSPS) is 20.2. The van der Waals surface area contributed by atoms with Gasteiger partial charge in [-0.1, -0.05) is 40.2 Å². The molecule has 3 aromatic carbocycles. The monoisotopic (exact) mass is 636 g/mol. The lowest BCUT2D eigenvalue weighted by molar-refractivity contribution is -0.130. The number of rotatable bonds is 7. The van der Waals surface area contributed by atoms with E-state index in [0.29, 0.717) is 43.2 Å². The van der Waals surface area contributed by atoms with Gasteiger partial charge in [0.1, 0.15) is 11.8 Å². The largest absolute Gasteiger partial charge is 0.496 e. The quantitative estimate of drug-likeness (QED) is 0.399. The summed E-state index contributed by atoms with van der Waals surface area (Å²) in [6.45, 7) is 4.77. The first-order valence-corrected chi connectivity index (χ1v) is 15.1. The molecule has 10 heteroatoms. The Morgan fingerprint density at radius 1 is 1.05 bits per heavy atom. The molecule has 2 N–H and O–H groups in total. The van der Waals surface area contributed by atoms with Crippen molar-refractivity contribution in [1.82, 2.24) is 10.6 Å². The molecule has 3 unspecified atom stereocenters. The first kappa shape index (κ1) is 30.0. The van der Waals surface area contributed by atoms with Crippen molar-refractivity contribution in [3.63, 3.8) is 0 Å². The Morgan fingerprint density at radius 3 is 2.45 bits per heavy atom. The van der Waals surface area contributed by atoms with Crippen molar-refractivity contribution in [2.75, 3.05) is 37.2 Å². The molecule has 0 saturated carbocycles. The van der Waals surface area contributed by atoms with Crippen LogP contribution in [0.15, 0.2) is 59.1 Å². The van der Waals surface area contributed by atoms with Gasteiger partial charge < -0.3 is 29.9 Å². The summed E-state index contributed by atoms with van der Waals surface area (Å²) in [6, 6.07) is 15.1. The lowest BCUT2D eigenvalue weighted by atomic mass is 9.96. The minimum Gasteiger partial charge on any atom is -0.496 e. The molecule has 0 aromatic heterocycles. The van der Waals surface area contributed by atoms with Gasteiger partial charge in [0.15, 0.2) is 0 Å². The fourth-order valence-electron chi connectivity index (χ4n) is 5.85. The van der Waals surface area contributed by atoms with Gasteiger partial charge in [0.25, 0.3) is 5.91 Å². The van der Waals surface area contributed by atoms with Crippen LogP contribution < -0.4 is 25.2 Å². The summed E-state index contributed by atoms with van der Waals surface area (Å²) in [4.78, 5) is 45.4. The minimum atomic E-state index is -0.989. The maximum atomic E-state index is 14.6. The number of carbonyl (C=O) groups is 3. The predicted octanol–water partition coefficient (Wildman–Crippen LogP) is 4.40. The number of carbonyl (C=O) groups excluding carboxylic acids is 3. The van der Waals surface area contributed by atoms with E-state index in [1.165, 1.54) is 0 Å². The van der Waals surface area contributed by atoms with E-state index in [0.717, 1.165) is 20.8 Å². The Kier molecular flexibility index (Phi) is 9.15. The first-order valence-electron chi connectivity index (χ1n) is 14.3. The maximum Gasteiger partial charge on any atom is 0.252 e. The van der Waals surface area contributed by atoms with Crippen molar-refractivity contribution in [2.24, 2.45) is 5.92 Å². The van der Waals surface area contributed by atoms with Crippen molar-refractivity contribution in [3.05, 3.63) is 64.6 Å². The SMILES string of the molecule is CNC(C)C(=O)NC1C(=O)N(Cc2c(OC)ccc3c(Br)cccc23)c2ccccc2N(C(=O)C2CCOCC2)C1C. The van der Waals surface area contributed by atoms with Crippen LogP contribution in [0.5, 0.6) is 5.75 Å². The van der Waals surface area contributed by atoms with Crippen LogP contribution in [0.1, 0.15) is 32.3 Å². The summed E-state index contributed by atoms with van der Waals surface area (Å²) in [5.74, 6) is -0.288. The Labute approximate surface area is 254 Å². The second-order valence-electron chi connectivity index (χ2n) is 10.8. The molecular weight excluding hydrogens is 600 g/mol. The number of anilines is 2. The Hall–Kier alpha value is -3.47. The van der Waals surface area contributed by atoms with Gasteiger partial charge in [-0.05, 0) is 74.8 Å². The molecule has 1 fully saturated rings. The van der Waals surface area contributed by atoms with Crippen LogP contribution in [-0.2, 0) is 25.7 Å². The third kappa shape index (κ3) is 5.63. The topological polar surface area (TPSA) is 100 Å². The number of benzene rings is 3. The van der Waals surface area contributed by atoms with Crippen molar-refractivity contribution < 1.29 is 23.9 Å². The van der Waals surface area contributed by atoms with Gasteiger partial charge in [-0.25, -0.2) is 0 Å². The Morgan fingerprint density at radius 2 is 1.76 bits per heavy atom. The van der Waals surface area contributed by atoms with E-state index in [4.69, 9.17) is 9.47 Å². The van der Waals surface area contributed by atoms with Crippen LogP contribution in [0.4, 0.5) is 11.4 Å². The fraction of sp³-hybridized carbons (Fsp3) is 0.406. The van der Waals surface area contributed by atoms with Gasteiger partial charge in [-0.2, -0.15) is 0 Å². The summed E-state index contributed by atoms with van der Waals surface area (Å²) in [5.41, 5.74) is 2.06. The molecule has 3 atom stereocenters. The van der Waals surface area contributed by atoms with Crippen molar-refractivity contribution in [2.45, 2.75) is 51.4 Å². The third-order valence-corrected chi connectivity index (χ3v) is 9.09. The fourth-order valence-corrected chi connectivity index (χ4v) is 6.35. The summed E-state index contributed by atoms with van der Waals surface area (Å²) in [5, 5.41) is 7.84. The molecule has 9 nitrogen and oxygen atoms in total. The number of methoxy groups -OCH3 is 1. The zero-order valence-corrected chi connectivity index (χ0v) is 25.9. The molecule has 2 aliphatic rings. The van der Waals surface area contributed by atoms with E-state index in [2.05, 4.69) is 26.6 Å². The summed E-state index contributed by atoms with van der Waals surface area (Å²) in [7, 11) is 3.30. The van der Waals surface area contributed by atoms with E-state index in [-0.39, 0.29) is 30.2 Å². The van der Waals surface area contributed by atoms with Crippen LogP contribution in [0.2, 0.25) is 0 Å². The van der Waals surface area contributed by atoms with Gasteiger partial charge in [-0.3, -0.25) is 14.4 Å². The van der Waals surface area contributed by atoms with Gasteiger partial charge in [0.05, 0.1) is 37.1 Å². The molecule has 1 saturated heterocycles. The summed E-state index contributed by atoms with van der Waals surface area (Å²) < 4.78 is 12.2. The summed E-state index contributed by atoms with van der Waals surface area (Å²) >= 11 is 3.65. The molecule has 2 heterocycles. The number of hydrogen-bond acceptors (Lipinski definition) is 6. The Balaban J connectivity index is 1.66. The highest BCUT2D eigenvalue weighted by molar-refractivity contribution is 9.10. The van der Waals surface area contributed by atoms with Gasteiger partial charge in [0, 0.05) is 29.2 Å². The van der Waals surface area contributed by atoms with Crippen LogP contribution in [0.3, 0.4) is 0 Å². The van der Waals surface area contributed by atoms with Crippen molar-refractivity contribution in [1.29, 1.82) is 0 Å². The number of fused-ring (bicyclic) bond motifs is 2. The van der Waals surface area contributed by atoms with Crippen molar-refractivity contribution >= 4 is 55.8 Å². The number of ether oxygens (including phenoxy) is 2. The number of likely N-dealkylation sites (N-methyl/N-ethyl adjacent to an activating group) is 1. The zero-order valence-electron chi connectivity index (χ0n) is 24.4. The molecule has 2 aliphatic heterocycles. The number of halogens is 1. The standard InChI is InChI=1S/C32H37BrN4O5/c1-19(34-3)30(38)35-29-20(2)37(31(39)21-14-16-42-17-15-21)27-11-6-5-10-26(27)36(32(29)40)18-24-22-8-7-9-25(33)23(22)12-13-28(24)41-4/h5-13,19-21,29,34H,14-18H2,1-4H3,(H,35,38). The molecule has 0 aliphatic carbocycles. The average Bonchev–Trinajstić information content (AvgIpc) is 3.09. The minimum absolute atomic E-state index is 0.0690. The second kappa shape index (κ2) is 12.8. The predicted molar refractivity (Wildman–Crippen MR) is 167 cm³/mol. The summed E-state index contributed by atoms with van der Waals surface area (Å²) in [6.07, 6.45) is 1.22. The maximum absolute atomic E-state index is 14.6. The number of nitrogens with zero attached hydrogens (tertiary/aromatic N) is 2. The number of hydrogen-bond donors (Lipinski definition) is 2. The lowest BCUT2D eigenvalue weighted by Gasteiger charge is -2.35. The smallest absolute Gasteiger partial charge is 0.252 e. The van der Waals surface area contributed by atoms with E-state index >= 15 is 0 Å². The van der Waals surface area contributed by atoms with Crippen LogP contribution >= 0.6 is 15.9 Å². The lowest BCUT2D eigenvalue weighted by Crippen LogP contribution is -2.60. The zero-order chi connectivity index (χ0) is 30.0. The van der Waals surface area contributed by atoms with Gasteiger partial charge in [-0.15, -0.1) is 0 Å². The second-order valence-corrected chi connectivity index (χ2v) is 11.7. The average molecular weight is 638 g/mol. The first-order chi connectivity index (χ1) is 20.3. The highest BCUT2D eigenvalue weighted by atomic mass is 79.9. The van der Waals surface area contributed by atoms with Crippen LogP contribution in [0, 0.1) is 5.92 Å². The molecule has 222 valence electrons. The number of para-hydroxylation sites is 2. The van der Waals surface area contributed by atoms with Crippen LogP contribution in [0.25, 0.3) is 10.8 Å². The molecule has 3 aromatic rings. The molecule has 0 bridgehead atoms. The molecule has 42 heavy (non-hydrogen) atoms. The molecule has 5 rings (SSSR count). The van der Waals surface area contributed by atoms with E-state index in [1.54, 1.807) is 30.9 Å². The number of nitrogens with one attached hydrogen (secondary N) is 2. The highest BCUT2D eigenvalue weighted by Crippen LogP contribution is 2.40. The van der Waals surface area contributed by atoms with E-state index in [1.807, 2.05) is 61.5 Å². The molecule has 0 radical (unpaired) electrons. The van der Waals surface area contributed by atoms with Gasteiger partial charge in [0.2, 0.25) is 11.8 Å². The van der Waals surface area contributed by atoms with Crippen LogP contribution in [-0.4, -0.2) is 63.2 Å². The number of amides is 3. The molecule has 3 amide bonds. The van der Waals surface area contributed by atoms with E-state index in [9.17, 15) is 14.4 Å². The van der Waals surface area contributed by atoms with Gasteiger partial charge >= 0.3 is 0 Å². The highest BCUT2D eigenvalue weighted by Gasteiger charge is 2.44. The van der Waals surface area contributed by atoms with E-state index < -0.39 is 18.1 Å². The molecular formula is C32H37BrN4O5. The Bertz CT molecular complexity index is 1490. The third-order valence-electron chi connectivity index (χ3n) is 8.40. The molecule has 0 spiro atoms. The van der Waals surface area contributed by atoms with Crippen molar-refractivity contribution in [3.8, 4) is 5.75 Å².